The molecule has 5 rings (SSSR count). The van der Waals surface area contributed by atoms with Crippen LogP contribution in [0, 0.1) is 58.2 Å². The second-order valence-electron chi connectivity index (χ2n) is 16.2. The maximum atomic E-state index is 12.9. The summed E-state index contributed by atoms with van der Waals surface area (Å²) in [7, 11) is -3.30. The summed E-state index contributed by atoms with van der Waals surface area (Å²) < 4.78 is 25.7. The Labute approximate surface area is 246 Å². The molecule has 5 aliphatic carbocycles. The quantitative estimate of drug-likeness (QED) is 0.302. The molecule has 5 heteroatoms. The Hall–Kier alpha value is -0.420. The van der Waals surface area contributed by atoms with Gasteiger partial charge in [-0.2, -0.15) is 0 Å². The highest BCUT2D eigenvalue weighted by Gasteiger charge is 2.62. The number of sulfone groups is 1. The highest BCUT2D eigenvalue weighted by molar-refractivity contribution is 7.92. The lowest BCUT2D eigenvalue weighted by Crippen LogP contribution is -2.56. The lowest BCUT2D eigenvalue weighted by Gasteiger charge is -2.63. The molecule has 5 saturated carbocycles. The molecule has 0 unspecified atom stereocenters. The summed E-state index contributed by atoms with van der Waals surface area (Å²) in [5.74, 6) is 5.16. The van der Waals surface area contributed by atoms with Crippen molar-refractivity contribution < 1.29 is 18.3 Å². The Morgan fingerprint density at radius 3 is 2.25 bits per heavy atom. The van der Waals surface area contributed by atoms with Crippen LogP contribution in [0.25, 0.3) is 0 Å². The van der Waals surface area contributed by atoms with Crippen molar-refractivity contribution in [1.82, 2.24) is 0 Å². The van der Waals surface area contributed by atoms with Crippen LogP contribution in [0.5, 0.6) is 0 Å². The molecule has 1 N–H and O–H groups in total. The fourth-order valence-corrected chi connectivity index (χ4v) is 13.9. The van der Waals surface area contributed by atoms with Gasteiger partial charge < -0.3 is 5.11 Å². The second-order valence-corrected chi connectivity index (χ2v) is 18.5. The van der Waals surface area contributed by atoms with E-state index in [1.165, 1.54) is 44.9 Å². The Morgan fingerprint density at radius 1 is 0.875 bits per heavy atom. The zero-order valence-corrected chi connectivity index (χ0v) is 27.2. The zero-order valence-electron chi connectivity index (χ0n) is 26.4. The first-order valence-corrected chi connectivity index (χ1v) is 19.0. The Kier molecular flexibility index (Phi) is 9.25. The highest BCUT2D eigenvalue weighted by Crippen LogP contribution is 2.69. The third-order valence-corrected chi connectivity index (χ3v) is 16.1. The molecule has 0 saturated heterocycles. The minimum Gasteiger partial charge on any atom is -0.393 e. The number of hydrogen-bond donors (Lipinski definition) is 1. The first kappa shape index (κ1) is 31.0. The summed E-state index contributed by atoms with van der Waals surface area (Å²) in [6.45, 7) is 12.2. The predicted octanol–water partition coefficient (Wildman–Crippen LogP) is 8.01. The van der Waals surface area contributed by atoms with Gasteiger partial charge in [-0.1, -0.05) is 60.3 Å². The second kappa shape index (κ2) is 11.9. The summed E-state index contributed by atoms with van der Waals surface area (Å²) in [6.07, 6.45) is 17.2. The molecule has 0 aromatic rings. The molecule has 0 heterocycles. The summed E-state index contributed by atoms with van der Waals surface area (Å²) in [5, 5.41) is 10.3. The Morgan fingerprint density at radius 2 is 1.55 bits per heavy atom. The number of aliphatic hydroxyl groups is 1. The van der Waals surface area contributed by atoms with Crippen molar-refractivity contribution in [1.29, 1.82) is 0 Å². The molecule has 5 fully saturated rings. The first-order chi connectivity index (χ1) is 18.9. The van der Waals surface area contributed by atoms with Gasteiger partial charge in [-0.15, -0.1) is 0 Å². The van der Waals surface area contributed by atoms with E-state index < -0.39 is 9.84 Å². The molecular weight excluding hydrogens is 516 g/mol. The van der Waals surface area contributed by atoms with E-state index in [-0.39, 0.29) is 28.8 Å². The average Bonchev–Trinajstić information content (AvgIpc) is 3.26. The van der Waals surface area contributed by atoms with E-state index in [0.717, 1.165) is 75.0 Å². The number of carbonyl (C=O) groups is 1. The van der Waals surface area contributed by atoms with Crippen molar-refractivity contribution in [2.75, 3.05) is 5.75 Å². The molecule has 11 atom stereocenters. The molecule has 0 bridgehead atoms. The van der Waals surface area contributed by atoms with Crippen LogP contribution in [0.2, 0.25) is 0 Å². The topological polar surface area (TPSA) is 71.4 Å². The van der Waals surface area contributed by atoms with Gasteiger partial charge in [0.1, 0.15) is 11.5 Å². The Balaban J connectivity index is 1.21. The van der Waals surface area contributed by atoms with Crippen LogP contribution in [0.1, 0.15) is 137 Å². The van der Waals surface area contributed by atoms with Crippen molar-refractivity contribution in [3.63, 3.8) is 0 Å². The van der Waals surface area contributed by atoms with E-state index in [9.17, 15) is 18.3 Å². The summed E-state index contributed by atoms with van der Waals surface area (Å²) in [4.78, 5) is 12.9. The molecule has 0 radical (unpaired) electrons. The molecule has 40 heavy (non-hydrogen) atoms. The zero-order chi connectivity index (χ0) is 28.9. The Bertz CT molecular complexity index is 1000. The molecule has 0 aromatic heterocycles. The molecule has 0 aliphatic heterocycles. The number of fused-ring (bicyclic) bond motifs is 5. The monoisotopic (exact) mass is 576 g/mol. The smallest absolute Gasteiger partial charge is 0.160 e. The number of carbonyl (C=O) groups excluding carboxylic acids is 1. The van der Waals surface area contributed by atoms with Crippen LogP contribution in [0.4, 0.5) is 0 Å². The van der Waals surface area contributed by atoms with Crippen LogP contribution in [-0.2, 0) is 14.6 Å². The van der Waals surface area contributed by atoms with Crippen LogP contribution >= 0.6 is 0 Å². The molecule has 230 valence electrons. The van der Waals surface area contributed by atoms with Gasteiger partial charge in [-0.3, -0.25) is 4.79 Å². The van der Waals surface area contributed by atoms with Gasteiger partial charge in [0.2, 0.25) is 0 Å². The van der Waals surface area contributed by atoms with Gasteiger partial charge in [-0.05, 0) is 129 Å². The van der Waals surface area contributed by atoms with Crippen molar-refractivity contribution in [2.45, 2.75) is 149 Å². The predicted molar refractivity (Wildman–Crippen MR) is 164 cm³/mol. The maximum Gasteiger partial charge on any atom is 0.160 e. The van der Waals surface area contributed by atoms with E-state index in [1.54, 1.807) is 0 Å². The van der Waals surface area contributed by atoms with E-state index in [4.69, 9.17) is 0 Å². The summed E-state index contributed by atoms with van der Waals surface area (Å²) in [6, 6.07) is 0. The summed E-state index contributed by atoms with van der Waals surface area (Å²) >= 11 is 0. The highest BCUT2D eigenvalue weighted by atomic mass is 32.2. The van der Waals surface area contributed by atoms with E-state index in [1.807, 2.05) is 0 Å². The molecule has 4 nitrogen and oxygen atoms in total. The van der Waals surface area contributed by atoms with E-state index in [2.05, 4.69) is 34.6 Å². The first-order valence-electron chi connectivity index (χ1n) is 17.3. The van der Waals surface area contributed by atoms with Gasteiger partial charge in [0.25, 0.3) is 0 Å². The van der Waals surface area contributed by atoms with Gasteiger partial charge in [0.15, 0.2) is 9.84 Å². The van der Waals surface area contributed by atoms with Crippen molar-refractivity contribution in [3.05, 3.63) is 0 Å². The largest absolute Gasteiger partial charge is 0.393 e. The number of hydrogen-bond acceptors (Lipinski definition) is 4. The van der Waals surface area contributed by atoms with E-state index in [0.29, 0.717) is 35.0 Å². The van der Waals surface area contributed by atoms with Gasteiger partial charge in [0, 0.05) is 6.42 Å². The van der Waals surface area contributed by atoms with Gasteiger partial charge in [0.05, 0.1) is 11.4 Å². The minimum absolute atomic E-state index is 0.0606. The van der Waals surface area contributed by atoms with Crippen molar-refractivity contribution >= 4 is 15.6 Å². The standard InChI is InChI=1S/C35H60O4S/c1-6-25-20-29-31-13-12-30(34(31,4)17-15-32(29)35(5)16-14-26(36)21-33(25)35)24(3)18-23(2)19-27(37)22-40(38,39)28-10-8-7-9-11-28/h23-26,28-33,36H,6-22H2,1-5H3/t23-,24+,25-,26+,29-,30+,31-,32-,33-,34+,35+/m0/s1. The summed E-state index contributed by atoms with van der Waals surface area (Å²) in [5.41, 5.74) is 0.797. The number of Topliss-reactive ketones (excluding diaryl/α,β-unsaturated/α-hetero) is 1. The number of rotatable bonds is 9. The van der Waals surface area contributed by atoms with Crippen LogP contribution in [-0.4, -0.2) is 36.4 Å². The van der Waals surface area contributed by atoms with Gasteiger partial charge in [-0.25, -0.2) is 8.42 Å². The fourth-order valence-electron chi connectivity index (χ4n) is 12.0. The normalized spacial score (nSPS) is 43.8. The number of aliphatic hydroxyl groups excluding tert-OH is 1. The fraction of sp³-hybridized carbons (Fsp3) is 0.971. The molecule has 5 aliphatic rings. The third-order valence-electron chi connectivity index (χ3n) is 13.9. The lowest BCUT2D eigenvalue weighted by atomic mass is 9.42. The minimum atomic E-state index is -3.30. The molecule has 0 spiro atoms. The lowest BCUT2D eigenvalue weighted by molar-refractivity contribution is -0.152. The molecule has 0 aromatic carbocycles. The third kappa shape index (κ3) is 5.74. The SMILES string of the molecule is CC[C@H]1C[C@@H]2[C@H](CC[C@]3(C)[C@@H]([C@H](C)C[C@H](C)CC(=O)CS(=O)(=O)C4CCCCC4)CC[C@@H]23)[C@@]2(C)CC[C@@H](O)C[C@@H]12. The average molecular weight is 577 g/mol. The van der Waals surface area contributed by atoms with Crippen LogP contribution < -0.4 is 0 Å². The van der Waals surface area contributed by atoms with Crippen molar-refractivity contribution in [2.24, 2.45) is 58.2 Å². The molecular formula is C35H60O4S. The molecule has 0 amide bonds. The number of ketones is 1. The van der Waals surface area contributed by atoms with Crippen LogP contribution in [0.15, 0.2) is 0 Å². The van der Waals surface area contributed by atoms with E-state index >= 15 is 0 Å². The van der Waals surface area contributed by atoms with Crippen molar-refractivity contribution in [3.8, 4) is 0 Å². The van der Waals surface area contributed by atoms with Gasteiger partial charge >= 0.3 is 0 Å². The van der Waals surface area contributed by atoms with Crippen LogP contribution in [0.3, 0.4) is 0 Å². The maximum absolute atomic E-state index is 12.9.